The van der Waals surface area contributed by atoms with Crippen molar-refractivity contribution in [2.45, 2.75) is 40.0 Å². The molecule has 0 spiro atoms. The van der Waals surface area contributed by atoms with Crippen LogP contribution < -0.4 is 0 Å². The SMILES string of the molecule is CC(C)(C)COC(=O)N1CCC(CCO)CC1. The molecule has 1 fully saturated rings. The number of ether oxygens (including phenoxy) is 1. The highest BCUT2D eigenvalue weighted by molar-refractivity contribution is 5.67. The number of aliphatic hydroxyl groups excluding tert-OH is 1. The van der Waals surface area contributed by atoms with Crippen molar-refractivity contribution in [2.75, 3.05) is 26.3 Å². The highest BCUT2D eigenvalue weighted by atomic mass is 16.6. The average Bonchev–Trinajstić information content (AvgIpc) is 2.26. The van der Waals surface area contributed by atoms with Crippen molar-refractivity contribution < 1.29 is 14.6 Å². The average molecular weight is 243 g/mol. The summed E-state index contributed by atoms with van der Waals surface area (Å²) in [5.74, 6) is 0.562. The van der Waals surface area contributed by atoms with E-state index in [-0.39, 0.29) is 18.1 Å². The maximum absolute atomic E-state index is 11.8. The van der Waals surface area contributed by atoms with Crippen molar-refractivity contribution in [3.05, 3.63) is 0 Å². The number of nitrogens with zero attached hydrogens (tertiary/aromatic N) is 1. The van der Waals surface area contributed by atoms with Crippen molar-refractivity contribution in [3.8, 4) is 0 Å². The van der Waals surface area contributed by atoms with Gasteiger partial charge in [0.05, 0.1) is 6.61 Å². The van der Waals surface area contributed by atoms with Crippen LogP contribution in [-0.2, 0) is 4.74 Å². The minimum atomic E-state index is -0.192. The molecule has 0 bridgehead atoms. The Bertz CT molecular complexity index is 240. The number of aliphatic hydroxyl groups is 1. The summed E-state index contributed by atoms with van der Waals surface area (Å²) in [6.45, 7) is 8.37. The number of carbonyl (C=O) groups is 1. The lowest BCUT2D eigenvalue weighted by Crippen LogP contribution is -2.39. The van der Waals surface area contributed by atoms with Crippen molar-refractivity contribution in [1.82, 2.24) is 4.90 Å². The lowest BCUT2D eigenvalue weighted by Gasteiger charge is -2.31. The van der Waals surface area contributed by atoms with Gasteiger partial charge in [0.25, 0.3) is 0 Å². The summed E-state index contributed by atoms with van der Waals surface area (Å²) in [6.07, 6.45) is 2.61. The van der Waals surface area contributed by atoms with Crippen LogP contribution in [0.1, 0.15) is 40.0 Å². The van der Waals surface area contributed by atoms with E-state index in [1.165, 1.54) is 0 Å². The Balaban J connectivity index is 2.26. The van der Waals surface area contributed by atoms with Crippen LogP contribution in [0.25, 0.3) is 0 Å². The lowest BCUT2D eigenvalue weighted by atomic mass is 9.94. The molecular weight excluding hydrogens is 218 g/mol. The van der Waals surface area contributed by atoms with E-state index >= 15 is 0 Å². The van der Waals surface area contributed by atoms with Crippen molar-refractivity contribution >= 4 is 6.09 Å². The van der Waals surface area contributed by atoms with Crippen molar-refractivity contribution in [3.63, 3.8) is 0 Å². The van der Waals surface area contributed by atoms with Crippen LogP contribution in [0.3, 0.4) is 0 Å². The molecule has 0 unspecified atom stereocenters. The van der Waals surface area contributed by atoms with Gasteiger partial charge in [-0.2, -0.15) is 0 Å². The quantitative estimate of drug-likeness (QED) is 0.827. The predicted octanol–water partition coefficient (Wildman–Crippen LogP) is 2.26. The Hall–Kier alpha value is -0.770. The number of piperidine rings is 1. The fraction of sp³-hybridized carbons (Fsp3) is 0.923. The Morgan fingerprint density at radius 1 is 1.35 bits per heavy atom. The molecule has 4 heteroatoms. The zero-order valence-electron chi connectivity index (χ0n) is 11.2. The van der Waals surface area contributed by atoms with Gasteiger partial charge >= 0.3 is 6.09 Å². The van der Waals surface area contributed by atoms with Gasteiger partial charge in [-0.05, 0) is 30.6 Å². The highest BCUT2D eigenvalue weighted by Gasteiger charge is 2.24. The van der Waals surface area contributed by atoms with E-state index in [0.29, 0.717) is 12.5 Å². The topological polar surface area (TPSA) is 49.8 Å². The van der Waals surface area contributed by atoms with Gasteiger partial charge in [0.15, 0.2) is 0 Å². The van der Waals surface area contributed by atoms with Crippen LogP contribution in [0, 0.1) is 11.3 Å². The molecule has 0 aromatic carbocycles. The lowest BCUT2D eigenvalue weighted by molar-refractivity contribution is 0.0603. The molecule has 0 aliphatic carbocycles. The van der Waals surface area contributed by atoms with Gasteiger partial charge in [-0.25, -0.2) is 4.79 Å². The van der Waals surface area contributed by atoms with Crippen LogP contribution in [0.4, 0.5) is 4.79 Å². The summed E-state index contributed by atoms with van der Waals surface area (Å²) in [6, 6.07) is 0. The maximum atomic E-state index is 11.8. The van der Waals surface area contributed by atoms with Crippen LogP contribution in [0.5, 0.6) is 0 Å². The largest absolute Gasteiger partial charge is 0.449 e. The standard InChI is InChI=1S/C13H25NO3/c1-13(2,3)10-17-12(16)14-7-4-11(5-8-14)6-9-15/h11,15H,4-10H2,1-3H3. The molecule has 0 aromatic heterocycles. The van der Waals surface area contributed by atoms with Gasteiger partial charge in [-0.15, -0.1) is 0 Å². The molecule has 0 saturated carbocycles. The minimum Gasteiger partial charge on any atom is -0.449 e. The molecule has 1 aliphatic heterocycles. The first kappa shape index (κ1) is 14.3. The third kappa shape index (κ3) is 5.39. The van der Waals surface area contributed by atoms with E-state index < -0.39 is 0 Å². The van der Waals surface area contributed by atoms with E-state index in [1.54, 1.807) is 4.90 Å². The van der Waals surface area contributed by atoms with Crippen molar-refractivity contribution in [1.29, 1.82) is 0 Å². The number of amides is 1. The Kier molecular flexibility index (Phi) is 5.25. The van der Waals surface area contributed by atoms with E-state index in [1.807, 2.05) is 20.8 Å². The third-order valence-corrected chi connectivity index (χ3v) is 3.04. The van der Waals surface area contributed by atoms with Crippen molar-refractivity contribution in [2.24, 2.45) is 11.3 Å². The molecule has 1 N–H and O–H groups in total. The number of hydrogen-bond acceptors (Lipinski definition) is 3. The highest BCUT2D eigenvalue weighted by Crippen LogP contribution is 2.21. The Morgan fingerprint density at radius 3 is 2.41 bits per heavy atom. The summed E-state index contributed by atoms with van der Waals surface area (Å²) in [4.78, 5) is 13.5. The number of carbonyl (C=O) groups excluding carboxylic acids is 1. The van der Waals surface area contributed by atoms with Gasteiger partial charge in [-0.3, -0.25) is 0 Å². The molecule has 0 atom stereocenters. The Morgan fingerprint density at radius 2 is 1.94 bits per heavy atom. The zero-order chi connectivity index (χ0) is 12.9. The van der Waals surface area contributed by atoms with E-state index in [2.05, 4.69) is 0 Å². The summed E-state index contributed by atoms with van der Waals surface area (Å²) in [7, 11) is 0. The minimum absolute atomic E-state index is 0.0187. The second-order valence-electron chi connectivity index (χ2n) is 6.06. The molecule has 17 heavy (non-hydrogen) atoms. The summed E-state index contributed by atoms with van der Waals surface area (Å²) >= 11 is 0. The van der Waals surface area contributed by atoms with Crippen LogP contribution >= 0.6 is 0 Å². The summed E-state index contributed by atoms with van der Waals surface area (Å²) < 4.78 is 5.28. The summed E-state index contributed by atoms with van der Waals surface area (Å²) in [5, 5.41) is 8.86. The molecule has 0 radical (unpaired) electrons. The van der Waals surface area contributed by atoms with Crippen LogP contribution in [-0.4, -0.2) is 42.4 Å². The predicted molar refractivity (Wildman–Crippen MR) is 66.8 cm³/mol. The van der Waals surface area contributed by atoms with Gasteiger partial charge in [0.2, 0.25) is 0 Å². The molecule has 1 saturated heterocycles. The number of likely N-dealkylation sites (tertiary alicyclic amines) is 1. The fourth-order valence-corrected chi connectivity index (χ4v) is 1.96. The van der Waals surface area contributed by atoms with Gasteiger partial charge < -0.3 is 14.7 Å². The van der Waals surface area contributed by atoms with E-state index in [9.17, 15) is 4.79 Å². The Labute approximate surface area is 104 Å². The molecular formula is C13H25NO3. The van der Waals surface area contributed by atoms with Crippen LogP contribution in [0.2, 0.25) is 0 Å². The third-order valence-electron chi connectivity index (χ3n) is 3.04. The fourth-order valence-electron chi connectivity index (χ4n) is 1.96. The maximum Gasteiger partial charge on any atom is 0.409 e. The number of hydrogen-bond donors (Lipinski definition) is 1. The first-order valence-electron chi connectivity index (χ1n) is 6.45. The molecule has 100 valence electrons. The van der Waals surface area contributed by atoms with E-state index in [4.69, 9.17) is 9.84 Å². The van der Waals surface area contributed by atoms with Gasteiger partial charge in [-0.1, -0.05) is 20.8 Å². The smallest absolute Gasteiger partial charge is 0.409 e. The second-order valence-corrected chi connectivity index (χ2v) is 6.06. The van der Waals surface area contributed by atoms with Gasteiger partial charge in [0.1, 0.15) is 0 Å². The first-order chi connectivity index (χ1) is 7.92. The van der Waals surface area contributed by atoms with Gasteiger partial charge in [0, 0.05) is 19.7 Å². The monoisotopic (exact) mass is 243 g/mol. The molecule has 4 nitrogen and oxygen atoms in total. The molecule has 1 heterocycles. The summed E-state index contributed by atoms with van der Waals surface area (Å²) in [5.41, 5.74) is 0.0187. The molecule has 1 amide bonds. The normalized spacial score (nSPS) is 18.2. The zero-order valence-corrected chi connectivity index (χ0v) is 11.2. The molecule has 0 aromatic rings. The second kappa shape index (κ2) is 6.24. The number of rotatable bonds is 3. The molecule has 1 aliphatic rings. The molecule has 1 rings (SSSR count). The first-order valence-corrected chi connectivity index (χ1v) is 6.45. The van der Waals surface area contributed by atoms with E-state index in [0.717, 1.165) is 32.4 Å². The van der Waals surface area contributed by atoms with Crippen LogP contribution in [0.15, 0.2) is 0 Å².